The van der Waals surface area contributed by atoms with E-state index < -0.39 is 36.4 Å². The Hall–Kier alpha value is -1.16. The van der Waals surface area contributed by atoms with Crippen LogP contribution in [0.1, 0.15) is 64.2 Å². The highest BCUT2D eigenvalue weighted by atomic mass is 16.8. The van der Waals surface area contributed by atoms with Crippen molar-refractivity contribution in [2.75, 3.05) is 0 Å². The molecule has 0 aromatic heterocycles. The molecule has 0 aromatic carbocycles. The number of ether oxygens (including phenoxy) is 4. The summed E-state index contributed by atoms with van der Waals surface area (Å²) in [6, 6.07) is 0. The first kappa shape index (κ1) is 19.2. The lowest BCUT2D eigenvalue weighted by atomic mass is 9.92. The lowest BCUT2D eigenvalue weighted by Crippen LogP contribution is -2.51. The summed E-state index contributed by atoms with van der Waals surface area (Å²) >= 11 is 0. The Bertz CT molecular complexity index is 599. The van der Waals surface area contributed by atoms with E-state index in [4.69, 9.17) is 18.9 Å². The molecule has 2 aliphatic heterocycles. The lowest BCUT2D eigenvalue weighted by Gasteiger charge is -2.49. The monoisotopic (exact) mass is 383 g/mol. The summed E-state index contributed by atoms with van der Waals surface area (Å²) in [5, 5.41) is 43.6. The molecule has 8 nitrogen and oxygen atoms in total. The van der Waals surface area contributed by atoms with Gasteiger partial charge in [-0.1, -0.05) is 12.8 Å². The van der Waals surface area contributed by atoms with E-state index in [1.165, 1.54) is 0 Å². The molecule has 4 rings (SSSR count). The SMILES string of the molecule is [O-]C1=C(C=C2C(O)OC3(CCCCC3)OC2O)C(O)OC2(CCCCC2)O1. The van der Waals surface area contributed by atoms with E-state index >= 15 is 0 Å². The van der Waals surface area contributed by atoms with Crippen molar-refractivity contribution in [2.24, 2.45) is 0 Å². The molecular formula is C19H27O8-. The molecule has 0 amide bonds. The van der Waals surface area contributed by atoms with Gasteiger partial charge in [-0.2, -0.15) is 0 Å². The third-order valence-corrected chi connectivity index (χ3v) is 5.88. The molecule has 2 heterocycles. The van der Waals surface area contributed by atoms with Crippen LogP contribution >= 0.6 is 0 Å². The second-order valence-electron chi connectivity index (χ2n) is 7.84. The quantitative estimate of drug-likeness (QED) is 0.610. The maximum Gasteiger partial charge on any atom is 0.185 e. The molecule has 27 heavy (non-hydrogen) atoms. The number of hydrogen-bond acceptors (Lipinski definition) is 8. The molecule has 0 bridgehead atoms. The zero-order chi connectivity index (χ0) is 19.1. The van der Waals surface area contributed by atoms with E-state index in [1.54, 1.807) is 0 Å². The van der Waals surface area contributed by atoms with E-state index in [0.29, 0.717) is 25.7 Å². The first-order chi connectivity index (χ1) is 12.9. The Morgan fingerprint density at radius 2 is 1.22 bits per heavy atom. The van der Waals surface area contributed by atoms with Gasteiger partial charge in [0.15, 0.2) is 24.7 Å². The lowest BCUT2D eigenvalue weighted by molar-refractivity contribution is -0.426. The first-order valence-electron chi connectivity index (χ1n) is 9.81. The normalized spacial score (nSPS) is 36.0. The molecule has 2 aliphatic carbocycles. The van der Waals surface area contributed by atoms with Crippen LogP contribution in [0.2, 0.25) is 0 Å². The molecule has 3 unspecified atom stereocenters. The van der Waals surface area contributed by atoms with Crippen LogP contribution in [-0.4, -0.2) is 45.8 Å². The molecule has 1 saturated heterocycles. The Morgan fingerprint density at radius 1 is 0.741 bits per heavy atom. The fraction of sp³-hybridized carbons (Fsp3) is 0.789. The van der Waals surface area contributed by atoms with Gasteiger partial charge in [0.25, 0.3) is 0 Å². The Kier molecular flexibility index (Phi) is 5.22. The number of hydrogen-bond donors (Lipinski definition) is 3. The van der Waals surface area contributed by atoms with Gasteiger partial charge in [0.1, 0.15) is 5.79 Å². The van der Waals surface area contributed by atoms with Crippen LogP contribution in [0.25, 0.3) is 0 Å². The van der Waals surface area contributed by atoms with Crippen LogP contribution in [0.5, 0.6) is 0 Å². The van der Waals surface area contributed by atoms with Crippen molar-refractivity contribution in [3.05, 3.63) is 23.2 Å². The highest BCUT2D eigenvalue weighted by molar-refractivity contribution is 5.30. The molecule has 4 aliphatic rings. The van der Waals surface area contributed by atoms with Gasteiger partial charge in [-0.15, -0.1) is 0 Å². The molecule has 3 N–H and O–H groups in total. The zero-order valence-corrected chi connectivity index (χ0v) is 15.3. The maximum absolute atomic E-state index is 12.5. The van der Waals surface area contributed by atoms with E-state index in [0.717, 1.165) is 44.6 Å². The standard InChI is InChI=1S/C19H28O8/c20-14-12(15(21)25-18(24-14)7-3-1-4-8-18)11-13-16(22)26-19(27-17(13)23)9-5-2-6-10-19/h11,14-16,20-23H,1-10H2/p-1. The maximum atomic E-state index is 12.5. The minimum absolute atomic E-state index is 0.0552. The van der Waals surface area contributed by atoms with Crippen molar-refractivity contribution in [1.29, 1.82) is 0 Å². The van der Waals surface area contributed by atoms with Crippen molar-refractivity contribution < 1.29 is 39.4 Å². The van der Waals surface area contributed by atoms with Crippen molar-refractivity contribution in [2.45, 2.75) is 94.7 Å². The summed E-state index contributed by atoms with van der Waals surface area (Å²) in [5.41, 5.74) is -0.244. The van der Waals surface area contributed by atoms with Gasteiger partial charge in [-0.05, 0) is 44.6 Å². The van der Waals surface area contributed by atoms with Crippen LogP contribution in [-0.2, 0) is 18.9 Å². The first-order valence-corrected chi connectivity index (χ1v) is 9.81. The van der Waals surface area contributed by atoms with Crippen LogP contribution in [0.4, 0.5) is 0 Å². The largest absolute Gasteiger partial charge is 0.583 e. The van der Waals surface area contributed by atoms with Crippen molar-refractivity contribution in [3.63, 3.8) is 0 Å². The Labute approximate surface area is 158 Å². The molecule has 2 spiro atoms. The average Bonchev–Trinajstić information content (AvgIpc) is 2.61. The van der Waals surface area contributed by atoms with Crippen LogP contribution in [0.3, 0.4) is 0 Å². The summed E-state index contributed by atoms with van der Waals surface area (Å²) in [4.78, 5) is 0. The highest BCUT2D eigenvalue weighted by Gasteiger charge is 2.45. The molecule has 3 fully saturated rings. The average molecular weight is 383 g/mol. The third-order valence-electron chi connectivity index (χ3n) is 5.88. The van der Waals surface area contributed by atoms with E-state index in [9.17, 15) is 20.4 Å². The van der Waals surface area contributed by atoms with Gasteiger partial charge in [-0.3, -0.25) is 0 Å². The Morgan fingerprint density at radius 3 is 1.74 bits per heavy atom. The van der Waals surface area contributed by atoms with Crippen molar-refractivity contribution >= 4 is 0 Å². The summed E-state index contributed by atoms with van der Waals surface area (Å²) in [6.45, 7) is 0. The number of aliphatic hydroxyl groups excluding tert-OH is 3. The molecule has 2 saturated carbocycles. The van der Waals surface area contributed by atoms with Gasteiger partial charge in [0, 0.05) is 24.0 Å². The Balaban J connectivity index is 1.54. The van der Waals surface area contributed by atoms with E-state index in [-0.39, 0.29) is 11.1 Å². The van der Waals surface area contributed by atoms with Gasteiger partial charge in [0.2, 0.25) is 0 Å². The highest BCUT2D eigenvalue weighted by Crippen LogP contribution is 2.42. The minimum atomic E-state index is -1.50. The number of aliphatic hydroxyl groups is 3. The molecular weight excluding hydrogens is 356 g/mol. The summed E-state index contributed by atoms with van der Waals surface area (Å²) in [6.07, 6.45) is 4.61. The van der Waals surface area contributed by atoms with E-state index in [1.807, 2.05) is 0 Å². The topological polar surface area (TPSA) is 121 Å². The van der Waals surface area contributed by atoms with Crippen LogP contribution in [0.15, 0.2) is 23.2 Å². The fourth-order valence-corrected chi connectivity index (χ4v) is 4.40. The molecule has 0 aromatic rings. The predicted molar refractivity (Wildman–Crippen MR) is 89.1 cm³/mol. The van der Waals surface area contributed by atoms with Gasteiger partial charge in [0.05, 0.1) is 5.95 Å². The number of rotatable bonds is 1. The zero-order valence-electron chi connectivity index (χ0n) is 15.3. The molecule has 3 atom stereocenters. The second kappa shape index (κ2) is 7.35. The summed E-state index contributed by atoms with van der Waals surface area (Å²) in [7, 11) is 0. The van der Waals surface area contributed by atoms with Gasteiger partial charge in [-0.25, -0.2) is 0 Å². The van der Waals surface area contributed by atoms with Crippen molar-refractivity contribution in [1.82, 2.24) is 0 Å². The van der Waals surface area contributed by atoms with Crippen LogP contribution < -0.4 is 5.11 Å². The van der Waals surface area contributed by atoms with Gasteiger partial charge >= 0.3 is 0 Å². The predicted octanol–water partition coefficient (Wildman–Crippen LogP) is 0.854. The van der Waals surface area contributed by atoms with Crippen LogP contribution in [0, 0.1) is 0 Å². The van der Waals surface area contributed by atoms with Gasteiger partial charge < -0.3 is 39.4 Å². The second-order valence-corrected chi connectivity index (χ2v) is 7.84. The van der Waals surface area contributed by atoms with Crippen molar-refractivity contribution in [3.8, 4) is 0 Å². The van der Waals surface area contributed by atoms with E-state index in [2.05, 4.69) is 0 Å². The molecule has 8 heteroatoms. The summed E-state index contributed by atoms with van der Waals surface area (Å²) in [5.74, 6) is -2.81. The molecule has 152 valence electrons. The minimum Gasteiger partial charge on any atom is -0.583 e. The third kappa shape index (κ3) is 3.74. The fourth-order valence-electron chi connectivity index (χ4n) is 4.40. The molecule has 0 radical (unpaired) electrons. The summed E-state index contributed by atoms with van der Waals surface area (Å²) < 4.78 is 22.4. The smallest absolute Gasteiger partial charge is 0.185 e.